The van der Waals surface area contributed by atoms with Gasteiger partial charge in [-0.1, -0.05) is 0 Å². The van der Waals surface area contributed by atoms with Crippen molar-refractivity contribution in [1.82, 2.24) is 3.86 Å². The molecule has 1 aliphatic heterocycles. The van der Waals surface area contributed by atoms with E-state index in [4.69, 9.17) is 5.73 Å². The Hall–Kier alpha value is 0.803. The fourth-order valence-corrected chi connectivity index (χ4v) is 20.3. The summed E-state index contributed by atoms with van der Waals surface area (Å²) in [6.07, 6.45) is 2.53. The Morgan fingerprint density at radius 1 is 1.20 bits per heavy atom. The van der Waals surface area contributed by atoms with Gasteiger partial charge in [0.05, 0.1) is 0 Å². The monoisotopic (exact) mass is 428 g/mol. The summed E-state index contributed by atoms with van der Waals surface area (Å²) in [6.45, 7) is 10.3. The summed E-state index contributed by atoms with van der Waals surface area (Å²) >= 11 is -2.24. The van der Waals surface area contributed by atoms with E-state index in [0.717, 1.165) is 24.1 Å². The van der Waals surface area contributed by atoms with Crippen LogP contribution in [0, 0.1) is 11.8 Å². The number of hydrogen-bond acceptors (Lipinski definition) is 3. The van der Waals surface area contributed by atoms with Crippen molar-refractivity contribution < 1.29 is 4.79 Å². The van der Waals surface area contributed by atoms with Crippen LogP contribution < -0.4 is 5.73 Å². The van der Waals surface area contributed by atoms with Crippen molar-refractivity contribution in [2.75, 3.05) is 18.8 Å². The summed E-state index contributed by atoms with van der Waals surface area (Å²) in [5.41, 5.74) is 5.61. The standard InChI is InChI=1S/C14H30GeN2OS.BrH/c1-12(2)5-7-15(8-6-13(3)4)17(9-10-19-15)14(18)11-16;/h12-13H,5-11,16H2,1-4H3;1H. The molecule has 1 heterocycles. The second kappa shape index (κ2) is 9.75. The van der Waals surface area contributed by atoms with Crippen molar-refractivity contribution in [2.24, 2.45) is 17.6 Å². The molecule has 1 saturated heterocycles. The van der Waals surface area contributed by atoms with Gasteiger partial charge < -0.3 is 0 Å². The first-order chi connectivity index (χ1) is 8.91. The Balaban J connectivity index is 0.00000361. The van der Waals surface area contributed by atoms with Gasteiger partial charge in [0.1, 0.15) is 0 Å². The van der Waals surface area contributed by atoms with Crippen molar-refractivity contribution in [3.8, 4) is 0 Å². The van der Waals surface area contributed by atoms with Gasteiger partial charge in [0.25, 0.3) is 0 Å². The van der Waals surface area contributed by atoms with E-state index in [1.807, 2.05) is 0 Å². The number of rotatable bonds is 7. The molecule has 2 N–H and O–H groups in total. The minimum atomic E-state index is -2.24. The van der Waals surface area contributed by atoms with Crippen LogP contribution in [0.4, 0.5) is 0 Å². The van der Waals surface area contributed by atoms with E-state index in [-0.39, 0.29) is 29.4 Å². The van der Waals surface area contributed by atoms with Crippen LogP contribution in [0.2, 0.25) is 10.5 Å². The van der Waals surface area contributed by atoms with E-state index < -0.39 is 12.3 Å². The first kappa shape index (κ1) is 20.8. The number of halogens is 1. The molecule has 20 heavy (non-hydrogen) atoms. The van der Waals surface area contributed by atoms with Crippen LogP contribution in [-0.2, 0) is 4.79 Å². The maximum absolute atomic E-state index is 12.2. The third kappa shape index (κ3) is 5.89. The van der Waals surface area contributed by atoms with Gasteiger partial charge >= 0.3 is 124 Å². The SMILES string of the molecule is Br.CC(C)C[CH2][Ge]1([CH2]CC(C)C)[S]CC[N]1C(=O)CN. The third-order valence-electron chi connectivity index (χ3n) is 3.88. The molecule has 120 valence electrons. The zero-order chi connectivity index (χ0) is 14.5. The van der Waals surface area contributed by atoms with Crippen LogP contribution in [0.25, 0.3) is 0 Å². The quantitative estimate of drug-likeness (QED) is 0.631. The fourth-order valence-electron chi connectivity index (χ4n) is 2.64. The van der Waals surface area contributed by atoms with E-state index in [2.05, 4.69) is 41.6 Å². The molecule has 0 aromatic carbocycles. The summed E-state index contributed by atoms with van der Waals surface area (Å²) in [5, 5.41) is 2.58. The molecule has 0 bridgehead atoms. The van der Waals surface area contributed by atoms with Crippen molar-refractivity contribution >= 4 is 45.3 Å². The summed E-state index contributed by atoms with van der Waals surface area (Å²) in [7, 11) is 2.16. The predicted octanol–water partition coefficient (Wildman–Crippen LogP) is 3.63. The Morgan fingerprint density at radius 2 is 1.70 bits per heavy atom. The van der Waals surface area contributed by atoms with Crippen molar-refractivity contribution in [2.45, 2.75) is 51.0 Å². The zero-order valence-electron chi connectivity index (χ0n) is 13.4. The summed E-state index contributed by atoms with van der Waals surface area (Å²) in [4.78, 5) is 12.2. The molecule has 0 aromatic heterocycles. The average Bonchev–Trinajstić information content (AvgIpc) is 2.77. The van der Waals surface area contributed by atoms with Crippen molar-refractivity contribution in [3.05, 3.63) is 0 Å². The summed E-state index contributed by atoms with van der Waals surface area (Å²) in [5.74, 6) is 2.81. The molecule has 3 nitrogen and oxygen atoms in total. The molecule has 0 atom stereocenters. The van der Waals surface area contributed by atoms with Crippen molar-refractivity contribution in [3.63, 3.8) is 0 Å². The van der Waals surface area contributed by atoms with Gasteiger partial charge in [-0.3, -0.25) is 0 Å². The van der Waals surface area contributed by atoms with E-state index in [0.29, 0.717) is 0 Å². The molecule has 1 rings (SSSR count). The molecule has 1 amide bonds. The molecular weight excluding hydrogens is 397 g/mol. The Bertz CT molecular complexity index is 291. The van der Waals surface area contributed by atoms with E-state index in [1.54, 1.807) is 0 Å². The van der Waals surface area contributed by atoms with E-state index in [1.165, 1.54) is 23.3 Å². The van der Waals surface area contributed by atoms with Crippen LogP contribution in [0.3, 0.4) is 0 Å². The Kier molecular flexibility index (Phi) is 10.1. The Labute approximate surface area is 141 Å². The number of carbonyl (C=O) groups is 1. The number of carbonyl (C=O) groups excluding carboxylic acids is 1. The normalized spacial score (nSPS) is 17.6. The molecule has 0 unspecified atom stereocenters. The van der Waals surface area contributed by atoms with Crippen LogP contribution in [-0.4, -0.2) is 41.0 Å². The molecule has 1 fully saturated rings. The van der Waals surface area contributed by atoms with E-state index in [9.17, 15) is 4.79 Å². The maximum atomic E-state index is 12.2. The van der Waals surface area contributed by atoms with Crippen LogP contribution >= 0.6 is 27.1 Å². The second-order valence-corrected chi connectivity index (χ2v) is 20.1. The van der Waals surface area contributed by atoms with Crippen molar-refractivity contribution in [1.29, 1.82) is 0 Å². The minimum absolute atomic E-state index is 0. The average molecular weight is 428 g/mol. The molecule has 0 radical (unpaired) electrons. The van der Waals surface area contributed by atoms with E-state index >= 15 is 0 Å². The first-order valence-corrected chi connectivity index (χ1v) is 15.0. The van der Waals surface area contributed by atoms with Crippen LogP contribution in [0.15, 0.2) is 0 Å². The molecule has 6 heteroatoms. The molecular formula is C14H31BrGeN2OS. The summed E-state index contributed by atoms with van der Waals surface area (Å²) in [6, 6.07) is 0. The van der Waals surface area contributed by atoms with Gasteiger partial charge in [0, 0.05) is 0 Å². The second-order valence-electron chi connectivity index (χ2n) is 6.41. The van der Waals surface area contributed by atoms with Crippen LogP contribution in [0.1, 0.15) is 40.5 Å². The van der Waals surface area contributed by atoms with Gasteiger partial charge in [0.15, 0.2) is 0 Å². The molecule has 1 aliphatic rings. The third-order valence-corrected chi connectivity index (χ3v) is 20.3. The number of hydrogen-bond donors (Lipinski definition) is 1. The molecule has 0 aliphatic carbocycles. The predicted molar refractivity (Wildman–Crippen MR) is 97.8 cm³/mol. The molecule has 0 saturated carbocycles. The number of amides is 1. The van der Waals surface area contributed by atoms with Gasteiger partial charge in [0.2, 0.25) is 0 Å². The zero-order valence-corrected chi connectivity index (χ0v) is 18.0. The van der Waals surface area contributed by atoms with Gasteiger partial charge in [-0.25, -0.2) is 0 Å². The van der Waals surface area contributed by atoms with Gasteiger partial charge in [-0.05, 0) is 0 Å². The fraction of sp³-hybridized carbons (Fsp3) is 0.929. The topological polar surface area (TPSA) is 46.3 Å². The first-order valence-electron chi connectivity index (χ1n) is 7.56. The Morgan fingerprint density at radius 3 is 2.10 bits per heavy atom. The van der Waals surface area contributed by atoms with Gasteiger partial charge in [-0.2, -0.15) is 0 Å². The number of nitrogens with zero attached hydrogens (tertiary/aromatic N) is 1. The molecule has 0 spiro atoms. The van der Waals surface area contributed by atoms with Gasteiger partial charge in [-0.15, -0.1) is 17.0 Å². The summed E-state index contributed by atoms with van der Waals surface area (Å²) < 4.78 is 2.26. The molecule has 0 aromatic rings. The number of nitrogens with two attached hydrogens (primary N) is 1. The van der Waals surface area contributed by atoms with Crippen LogP contribution in [0.5, 0.6) is 0 Å².